The summed E-state index contributed by atoms with van der Waals surface area (Å²) in [5.74, 6) is -0.470. The van der Waals surface area contributed by atoms with E-state index >= 15 is 0 Å². The van der Waals surface area contributed by atoms with Gasteiger partial charge < -0.3 is 15.1 Å². The maximum absolute atomic E-state index is 13.2. The highest BCUT2D eigenvalue weighted by atomic mass is 35.5. The monoisotopic (exact) mass is 363 g/mol. The van der Waals surface area contributed by atoms with Crippen molar-refractivity contribution in [3.05, 3.63) is 64.4 Å². The molecule has 1 unspecified atom stereocenters. The largest absolute Gasteiger partial charge is 0.378 e. The zero-order chi connectivity index (χ0) is 18.6. The molecule has 2 amide bonds. The van der Waals surface area contributed by atoms with Crippen LogP contribution in [0.5, 0.6) is 0 Å². The first-order valence-electron chi connectivity index (χ1n) is 8.00. The molecular weight excluding hydrogens is 341 g/mol. The van der Waals surface area contributed by atoms with Crippen molar-refractivity contribution < 1.29 is 9.18 Å². The molecule has 0 spiro atoms. The van der Waals surface area contributed by atoms with E-state index in [4.69, 9.17) is 11.6 Å². The van der Waals surface area contributed by atoms with Crippen LogP contribution < -0.4 is 10.2 Å². The van der Waals surface area contributed by atoms with Crippen LogP contribution in [0.2, 0.25) is 5.02 Å². The van der Waals surface area contributed by atoms with Crippen LogP contribution in [0.1, 0.15) is 24.1 Å². The van der Waals surface area contributed by atoms with Crippen molar-refractivity contribution in [3.63, 3.8) is 0 Å². The summed E-state index contributed by atoms with van der Waals surface area (Å²) in [5.41, 5.74) is 2.90. The van der Waals surface area contributed by atoms with Gasteiger partial charge in [-0.3, -0.25) is 0 Å². The highest BCUT2D eigenvalue weighted by Gasteiger charge is 2.15. The highest BCUT2D eigenvalue weighted by Crippen LogP contribution is 2.21. The number of carbonyl (C=O) groups excluding carboxylic acids is 1. The van der Waals surface area contributed by atoms with Gasteiger partial charge in [0.2, 0.25) is 0 Å². The second-order valence-electron chi connectivity index (χ2n) is 6.26. The molecule has 2 aromatic carbocycles. The molecule has 134 valence electrons. The first kappa shape index (κ1) is 19.1. The van der Waals surface area contributed by atoms with E-state index in [1.54, 1.807) is 18.0 Å². The minimum Gasteiger partial charge on any atom is -0.378 e. The molecular formula is C19H23ClFN3O. The molecule has 4 nitrogen and oxygen atoms in total. The molecule has 0 saturated heterocycles. The van der Waals surface area contributed by atoms with E-state index in [0.717, 1.165) is 16.8 Å². The molecule has 2 aromatic rings. The van der Waals surface area contributed by atoms with Gasteiger partial charge in [-0.2, -0.15) is 0 Å². The number of amides is 2. The maximum atomic E-state index is 13.2. The molecule has 1 atom stereocenters. The van der Waals surface area contributed by atoms with Gasteiger partial charge >= 0.3 is 6.03 Å². The lowest BCUT2D eigenvalue weighted by Gasteiger charge is -2.22. The normalized spacial score (nSPS) is 11.8. The summed E-state index contributed by atoms with van der Waals surface area (Å²) >= 11 is 5.80. The fourth-order valence-electron chi connectivity index (χ4n) is 2.41. The average molecular weight is 364 g/mol. The molecule has 1 N–H and O–H groups in total. The van der Waals surface area contributed by atoms with E-state index in [-0.39, 0.29) is 17.1 Å². The van der Waals surface area contributed by atoms with Crippen LogP contribution >= 0.6 is 11.6 Å². The van der Waals surface area contributed by atoms with E-state index in [9.17, 15) is 9.18 Å². The fraction of sp³-hybridized carbons (Fsp3) is 0.316. The third kappa shape index (κ3) is 5.10. The Hall–Kier alpha value is -2.27. The van der Waals surface area contributed by atoms with Gasteiger partial charge in [0.05, 0.1) is 11.1 Å². The Balaban J connectivity index is 1.96. The maximum Gasteiger partial charge on any atom is 0.317 e. The Kier molecular flexibility index (Phi) is 6.26. The number of hydrogen-bond acceptors (Lipinski definition) is 2. The Morgan fingerprint density at radius 2 is 1.80 bits per heavy atom. The van der Waals surface area contributed by atoms with Crippen molar-refractivity contribution in [2.75, 3.05) is 26.0 Å². The van der Waals surface area contributed by atoms with Gasteiger partial charge in [0.15, 0.2) is 0 Å². The van der Waals surface area contributed by atoms with Gasteiger partial charge in [-0.25, -0.2) is 9.18 Å². The van der Waals surface area contributed by atoms with Crippen molar-refractivity contribution >= 4 is 23.3 Å². The van der Waals surface area contributed by atoms with Gasteiger partial charge in [0.1, 0.15) is 5.82 Å². The molecule has 0 heterocycles. The third-order valence-electron chi connectivity index (χ3n) is 4.00. The summed E-state index contributed by atoms with van der Waals surface area (Å²) < 4.78 is 13.2. The number of halogens is 2. The molecule has 25 heavy (non-hydrogen) atoms. The molecule has 0 aliphatic heterocycles. The van der Waals surface area contributed by atoms with Gasteiger partial charge in [-0.1, -0.05) is 29.8 Å². The molecule has 0 fully saturated rings. The lowest BCUT2D eigenvalue weighted by atomic mass is 10.1. The Morgan fingerprint density at radius 1 is 1.16 bits per heavy atom. The zero-order valence-corrected chi connectivity index (χ0v) is 15.6. The van der Waals surface area contributed by atoms with E-state index in [0.29, 0.717) is 6.54 Å². The van der Waals surface area contributed by atoms with Crippen LogP contribution in [-0.4, -0.2) is 32.1 Å². The number of nitrogens with zero attached hydrogens (tertiary/aromatic N) is 2. The highest BCUT2D eigenvalue weighted by molar-refractivity contribution is 6.30. The lowest BCUT2D eigenvalue weighted by molar-refractivity contribution is 0.203. The van der Waals surface area contributed by atoms with Crippen molar-refractivity contribution in [1.29, 1.82) is 0 Å². The number of urea groups is 1. The van der Waals surface area contributed by atoms with Crippen LogP contribution in [0.4, 0.5) is 14.9 Å². The Bertz CT molecular complexity index is 734. The van der Waals surface area contributed by atoms with Crippen molar-refractivity contribution in [2.45, 2.75) is 19.5 Å². The Morgan fingerprint density at radius 3 is 2.36 bits per heavy atom. The van der Waals surface area contributed by atoms with Crippen molar-refractivity contribution in [2.24, 2.45) is 0 Å². The molecule has 0 radical (unpaired) electrons. The van der Waals surface area contributed by atoms with E-state index < -0.39 is 5.82 Å². The fourth-order valence-corrected chi connectivity index (χ4v) is 2.59. The topological polar surface area (TPSA) is 35.6 Å². The molecule has 0 saturated carbocycles. The predicted molar refractivity (Wildman–Crippen MR) is 101 cm³/mol. The van der Waals surface area contributed by atoms with Gasteiger partial charge in [0.25, 0.3) is 0 Å². The predicted octanol–water partition coefficient (Wildman–Crippen LogP) is 4.45. The standard InChI is InChI=1S/C19H23ClFN3O/c1-13(15-7-10-18(21)17(20)11-15)22-19(25)24(4)12-14-5-8-16(9-6-14)23(2)3/h5-11,13H,12H2,1-4H3,(H,22,25). The third-order valence-corrected chi connectivity index (χ3v) is 4.29. The molecule has 6 heteroatoms. The molecule has 2 rings (SSSR count). The molecule has 0 aliphatic carbocycles. The first-order chi connectivity index (χ1) is 11.8. The number of nitrogens with one attached hydrogen (secondary N) is 1. The summed E-state index contributed by atoms with van der Waals surface area (Å²) in [4.78, 5) is 16.0. The quantitative estimate of drug-likeness (QED) is 0.852. The van der Waals surface area contributed by atoms with Crippen LogP contribution in [0.25, 0.3) is 0 Å². The van der Waals surface area contributed by atoms with Crippen LogP contribution in [0.15, 0.2) is 42.5 Å². The van der Waals surface area contributed by atoms with Gasteiger partial charge in [-0.05, 0) is 42.3 Å². The summed E-state index contributed by atoms with van der Waals surface area (Å²) in [7, 11) is 5.70. The number of anilines is 1. The van der Waals surface area contributed by atoms with Crippen molar-refractivity contribution in [3.8, 4) is 0 Å². The lowest BCUT2D eigenvalue weighted by Crippen LogP contribution is -2.38. The van der Waals surface area contributed by atoms with E-state index in [1.807, 2.05) is 50.2 Å². The zero-order valence-electron chi connectivity index (χ0n) is 14.9. The molecule has 0 aliphatic rings. The van der Waals surface area contributed by atoms with Crippen LogP contribution in [0.3, 0.4) is 0 Å². The first-order valence-corrected chi connectivity index (χ1v) is 8.38. The number of benzene rings is 2. The Labute approximate surface area is 153 Å². The van der Waals surface area contributed by atoms with Crippen LogP contribution in [-0.2, 0) is 6.54 Å². The van der Waals surface area contributed by atoms with Gasteiger partial charge in [0, 0.05) is 33.4 Å². The van der Waals surface area contributed by atoms with E-state index in [2.05, 4.69) is 5.32 Å². The minimum absolute atomic E-state index is 0.0490. The summed E-state index contributed by atoms with van der Waals surface area (Å²) in [6, 6.07) is 12.0. The number of carbonyl (C=O) groups is 1. The van der Waals surface area contributed by atoms with Crippen molar-refractivity contribution in [1.82, 2.24) is 10.2 Å². The summed E-state index contributed by atoms with van der Waals surface area (Å²) in [6.45, 7) is 2.33. The number of hydrogen-bond donors (Lipinski definition) is 1. The summed E-state index contributed by atoms with van der Waals surface area (Å²) in [6.07, 6.45) is 0. The molecule has 0 bridgehead atoms. The number of rotatable bonds is 5. The SMILES string of the molecule is CC(NC(=O)N(C)Cc1ccc(N(C)C)cc1)c1ccc(F)c(Cl)c1. The second kappa shape index (κ2) is 8.21. The molecule has 0 aromatic heterocycles. The average Bonchev–Trinajstić information content (AvgIpc) is 2.57. The van der Waals surface area contributed by atoms with E-state index in [1.165, 1.54) is 12.1 Å². The van der Waals surface area contributed by atoms with Crippen LogP contribution in [0, 0.1) is 5.82 Å². The summed E-state index contributed by atoms with van der Waals surface area (Å²) in [5, 5.41) is 2.94. The second-order valence-corrected chi connectivity index (χ2v) is 6.67. The smallest absolute Gasteiger partial charge is 0.317 e. The minimum atomic E-state index is -0.470. The van der Waals surface area contributed by atoms with Gasteiger partial charge in [-0.15, -0.1) is 0 Å².